The predicted octanol–water partition coefficient (Wildman–Crippen LogP) is -0.161. The zero-order valence-electron chi connectivity index (χ0n) is 7.40. The van der Waals surface area contributed by atoms with Crippen LogP contribution in [-0.2, 0) is 4.79 Å². The van der Waals surface area contributed by atoms with E-state index in [9.17, 15) is 15.0 Å². The van der Waals surface area contributed by atoms with Gasteiger partial charge in [-0.15, -0.1) is 0 Å². The standard InChI is InChI=1S/C8H14O4/c1-7(2)4(9)8(3,5(7)10)6(11)12/h4-5,9-10H,1-3H3,(H,11,12). The van der Waals surface area contributed by atoms with Crippen molar-refractivity contribution in [3.63, 3.8) is 0 Å². The van der Waals surface area contributed by atoms with Crippen molar-refractivity contribution in [2.45, 2.75) is 33.0 Å². The molecule has 12 heavy (non-hydrogen) atoms. The maximum absolute atomic E-state index is 10.7. The van der Waals surface area contributed by atoms with Crippen LogP contribution >= 0.6 is 0 Å². The zero-order valence-corrected chi connectivity index (χ0v) is 7.40. The van der Waals surface area contributed by atoms with Crippen LogP contribution in [0.2, 0.25) is 0 Å². The monoisotopic (exact) mass is 174 g/mol. The van der Waals surface area contributed by atoms with Gasteiger partial charge in [0.2, 0.25) is 0 Å². The number of aliphatic hydroxyl groups excluding tert-OH is 2. The second-order valence-electron chi connectivity index (χ2n) is 4.21. The number of aliphatic hydroxyl groups is 2. The van der Waals surface area contributed by atoms with Gasteiger partial charge < -0.3 is 15.3 Å². The lowest BCUT2D eigenvalue weighted by molar-refractivity contribution is -0.256. The molecule has 1 fully saturated rings. The molecule has 0 aromatic rings. The van der Waals surface area contributed by atoms with Crippen LogP contribution in [0.5, 0.6) is 0 Å². The summed E-state index contributed by atoms with van der Waals surface area (Å²) >= 11 is 0. The molecule has 2 unspecified atom stereocenters. The lowest BCUT2D eigenvalue weighted by Crippen LogP contribution is -2.71. The van der Waals surface area contributed by atoms with Gasteiger partial charge in [-0.3, -0.25) is 4.79 Å². The van der Waals surface area contributed by atoms with Crippen LogP contribution in [0, 0.1) is 10.8 Å². The average molecular weight is 174 g/mol. The van der Waals surface area contributed by atoms with Gasteiger partial charge in [-0.2, -0.15) is 0 Å². The first-order chi connectivity index (χ1) is 5.25. The summed E-state index contributed by atoms with van der Waals surface area (Å²) in [5.41, 5.74) is -2.11. The molecule has 0 radical (unpaired) electrons. The van der Waals surface area contributed by atoms with Crippen molar-refractivity contribution in [2.75, 3.05) is 0 Å². The van der Waals surface area contributed by atoms with Gasteiger partial charge in [0, 0.05) is 5.41 Å². The third kappa shape index (κ3) is 0.765. The number of rotatable bonds is 1. The molecule has 0 heterocycles. The van der Waals surface area contributed by atoms with Crippen molar-refractivity contribution >= 4 is 5.97 Å². The zero-order chi connectivity index (χ0) is 9.73. The summed E-state index contributed by atoms with van der Waals surface area (Å²) in [6.07, 6.45) is -1.98. The topological polar surface area (TPSA) is 77.8 Å². The molecule has 4 nitrogen and oxygen atoms in total. The maximum Gasteiger partial charge on any atom is 0.314 e. The molecule has 1 aliphatic carbocycles. The van der Waals surface area contributed by atoms with Gasteiger partial charge in [-0.05, 0) is 6.92 Å². The minimum absolute atomic E-state index is 0.715. The Morgan fingerprint density at radius 2 is 1.50 bits per heavy atom. The molecule has 0 amide bonds. The third-order valence-electron chi connectivity index (χ3n) is 3.01. The molecule has 0 spiro atoms. The van der Waals surface area contributed by atoms with Crippen LogP contribution in [0.15, 0.2) is 0 Å². The van der Waals surface area contributed by atoms with Crippen molar-refractivity contribution in [1.82, 2.24) is 0 Å². The van der Waals surface area contributed by atoms with Crippen molar-refractivity contribution < 1.29 is 20.1 Å². The number of hydrogen-bond acceptors (Lipinski definition) is 3. The number of aliphatic carboxylic acids is 1. The molecule has 0 bridgehead atoms. The fourth-order valence-corrected chi connectivity index (χ4v) is 1.98. The molecule has 3 N–H and O–H groups in total. The second kappa shape index (κ2) is 2.20. The fraction of sp³-hybridized carbons (Fsp3) is 0.875. The molecule has 2 atom stereocenters. The number of carboxylic acid groups (broad SMARTS) is 1. The first kappa shape index (κ1) is 9.48. The normalized spacial score (nSPS) is 45.1. The summed E-state index contributed by atoms with van der Waals surface area (Å²) in [6.45, 7) is 4.65. The Balaban J connectivity index is 2.94. The van der Waals surface area contributed by atoms with Crippen LogP contribution < -0.4 is 0 Å². The van der Waals surface area contributed by atoms with Gasteiger partial charge in [0.1, 0.15) is 5.41 Å². The van der Waals surface area contributed by atoms with Crippen molar-refractivity contribution in [2.24, 2.45) is 10.8 Å². The molecule has 1 saturated carbocycles. The van der Waals surface area contributed by atoms with Gasteiger partial charge in [0.25, 0.3) is 0 Å². The highest BCUT2D eigenvalue weighted by molar-refractivity contribution is 5.78. The van der Waals surface area contributed by atoms with Crippen molar-refractivity contribution in [1.29, 1.82) is 0 Å². The summed E-state index contributed by atoms with van der Waals surface area (Å²) in [7, 11) is 0. The molecule has 1 aliphatic rings. The Morgan fingerprint density at radius 3 is 1.67 bits per heavy atom. The molecule has 70 valence electrons. The molecular weight excluding hydrogens is 160 g/mol. The Hall–Kier alpha value is -0.610. The minimum Gasteiger partial charge on any atom is -0.481 e. The molecule has 0 aliphatic heterocycles. The highest BCUT2D eigenvalue weighted by Gasteiger charge is 2.67. The van der Waals surface area contributed by atoms with E-state index in [1.54, 1.807) is 13.8 Å². The smallest absolute Gasteiger partial charge is 0.314 e. The fourth-order valence-electron chi connectivity index (χ4n) is 1.98. The molecule has 1 rings (SSSR count). The van der Waals surface area contributed by atoms with Crippen molar-refractivity contribution in [3.05, 3.63) is 0 Å². The number of carbonyl (C=O) groups is 1. The van der Waals surface area contributed by atoms with E-state index in [0.29, 0.717) is 0 Å². The minimum atomic E-state index is -1.40. The van der Waals surface area contributed by atoms with Gasteiger partial charge in [-0.25, -0.2) is 0 Å². The maximum atomic E-state index is 10.7. The summed E-state index contributed by atoms with van der Waals surface area (Å²) in [5, 5.41) is 27.7. The lowest BCUT2D eigenvalue weighted by atomic mass is 9.50. The van der Waals surface area contributed by atoms with Gasteiger partial charge in [0.15, 0.2) is 0 Å². The van der Waals surface area contributed by atoms with Crippen LogP contribution in [0.25, 0.3) is 0 Å². The quantitative estimate of drug-likeness (QED) is 0.516. The molecule has 0 aromatic carbocycles. The Labute approximate surface area is 70.8 Å². The summed E-state index contributed by atoms with van der Waals surface area (Å²) in [6, 6.07) is 0. The molecular formula is C8H14O4. The van der Waals surface area contributed by atoms with Gasteiger partial charge in [0.05, 0.1) is 12.2 Å². The molecule has 0 aromatic heterocycles. The van der Waals surface area contributed by atoms with E-state index in [2.05, 4.69) is 0 Å². The van der Waals surface area contributed by atoms with Crippen LogP contribution in [-0.4, -0.2) is 33.5 Å². The van der Waals surface area contributed by atoms with Crippen LogP contribution in [0.1, 0.15) is 20.8 Å². The van der Waals surface area contributed by atoms with E-state index in [1.807, 2.05) is 0 Å². The van der Waals surface area contributed by atoms with Gasteiger partial charge in [-0.1, -0.05) is 13.8 Å². The highest BCUT2D eigenvalue weighted by atomic mass is 16.4. The van der Waals surface area contributed by atoms with E-state index >= 15 is 0 Å². The number of carboxylic acids is 1. The lowest BCUT2D eigenvalue weighted by Gasteiger charge is -2.57. The Morgan fingerprint density at radius 1 is 1.17 bits per heavy atom. The van der Waals surface area contributed by atoms with Crippen molar-refractivity contribution in [3.8, 4) is 0 Å². The molecule has 4 heteroatoms. The Kier molecular flexibility index (Phi) is 1.74. The highest BCUT2D eigenvalue weighted by Crippen LogP contribution is 2.54. The molecule has 0 saturated heterocycles. The van der Waals surface area contributed by atoms with Crippen LogP contribution in [0.4, 0.5) is 0 Å². The Bertz CT molecular complexity index is 209. The summed E-state index contributed by atoms with van der Waals surface area (Å²) in [4.78, 5) is 10.7. The predicted molar refractivity (Wildman–Crippen MR) is 41.5 cm³/mol. The van der Waals surface area contributed by atoms with E-state index in [0.717, 1.165) is 0 Å². The largest absolute Gasteiger partial charge is 0.481 e. The average Bonchev–Trinajstić information content (AvgIpc) is 2.00. The van der Waals surface area contributed by atoms with E-state index in [1.165, 1.54) is 6.92 Å². The summed E-state index contributed by atoms with van der Waals surface area (Å²) < 4.78 is 0. The van der Waals surface area contributed by atoms with E-state index < -0.39 is 29.0 Å². The van der Waals surface area contributed by atoms with E-state index in [-0.39, 0.29) is 0 Å². The first-order valence-electron chi connectivity index (χ1n) is 3.85. The first-order valence-corrected chi connectivity index (χ1v) is 3.85. The summed E-state index contributed by atoms with van der Waals surface area (Å²) in [5.74, 6) is -1.15. The SMILES string of the molecule is CC1(C)C(O)C(C)(C(=O)O)C1O. The van der Waals surface area contributed by atoms with Gasteiger partial charge >= 0.3 is 5.97 Å². The third-order valence-corrected chi connectivity index (χ3v) is 3.01. The van der Waals surface area contributed by atoms with Crippen LogP contribution in [0.3, 0.4) is 0 Å². The second-order valence-corrected chi connectivity index (χ2v) is 4.21. The number of hydrogen-bond donors (Lipinski definition) is 3. The van der Waals surface area contributed by atoms with E-state index in [4.69, 9.17) is 5.11 Å².